The highest BCUT2D eigenvalue weighted by Crippen LogP contribution is 2.43. The molecule has 4 amide bonds. The molecule has 2 aromatic rings. The van der Waals surface area contributed by atoms with E-state index in [1.165, 1.54) is 4.90 Å². The normalized spacial score (nSPS) is 24.4. The number of carbonyl (C=O) groups is 5. The van der Waals surface area contributed by atoms with Crippen LogP contribution in [0.3, 0.4) is 0 Å². The van der Waals surface area contributed by atoms with Gasteiger partial charge >= 0.3 is 0 Å². The Balaban J connectivity index is 1.25. The van der Waals surface area contributed by atoms with Gasteiger partial charge in [0.05, 0.1) is 13.2 Å². The van der Waals surface area contributed by atoms with Crippen molar-refractivity contribution in [2.45, 2.75) is 63.3 Å². The number of amides is 4. The number of hydrogen-bond donors (Lipinski definition) is 4. The van der Waals surface area contributed by atoms with Crippen LogP contribution in [0.4, 0.5) is 0 Å². The number of aliphatic hydroxyl groups is 1. The summed E-state index contributed by atoms with van der Waals surface area (Å²) in [5.41, 5.74) is 1.72. The lowest BCUT2D eigenvalue weighted by molar-refractivity contribution is -0.141. The molecule has 0 unspecified atom stereocenters. The number of rotatable bonds is 9. The van der Waals surface area contributed by atoms with Crippen molar-refractivity contribution in [3.8, 4) is 0 Å². The molecule has 0 radical (unpaired) electrons. The van der Waals surface area contributed by atoms with Gasteiger partial charge in [0.15, 0.2) is 0 Å². The maximum absolute atomic E-state index is 13.9. The third-order valence-electron chi connectivity index (χ3n) is 8.62. The number of benzene rings is 1. The first-order valence-corrected chi connectivity index (χ1v) is 14.0. The first-order chi connectivity index (χ1) is 19.3. The van der Waals surface area contributed by atoms with Crippen molar-refractivity contribution in [3.63, 3.8) is 0 Å². The molecule has 4 atom stereocenters. The smallest absolute Gasteiger partial charge is 0.289 e. The average molecular weight is 548 g/mol. The third-order valence-corrected chi connectivity index (χ3v) is 8.62. The van der Waals surface area contributed by atoms with Gasteiger partial charge in [-0.3, -0.25) is 24.0 Å². The second-order valence-corrected chi connectivity index (χ2v) is 11.3. The van der Waals surface area contributed by atoms with E-state index in [1.54, 1.807) is 35.4 Å². The summed E-state index contributed by atoms with van der Waals surface area (Å²) < 4.78 is 0. The molecule has 0 spiro atoms. The van der Waals surface area contributed by atoms with E-state index in [-0.39, 0.29) is 49.3 Å². The lowest BCUT2D eigenvalue weighted by Crippen LogP contribution is -2.57. The van der Waals surface area contributed by atoms with Crippen LogP contribution in [0, 0.1) is 11.8 Å². The molecule has 40 heavy (non-hydrogen) atoms. The predicted molar refractivity (Wildman–Crippen MR) is 143 cm³/mol. The lowest BCUT2D eigenvalue weighted by Gasteiger charge is -2.29. The molecule has 1 saturated heterocycles. The number of aromatic nitrogens is 1. The molecule has 0 bridgehead atoms. The molecule has 3 fully saturated rings. The highest BCUT2D eigenvalue weighted by atomic mass is 16.3. The fourth-order valence-corrected chi connectivity index (χ4v) is 6.41. The van der Waals surface area contributed by atoms with Crippen molar-refractivity contribution in [1.82, 2.24) is 25.4 Å². The van der Waals surface area contributed by atoms with Gasteiger partial charge in [0, 0.05) is 36.1 Å². The van der Waals surface area contributed by atoms with Gasteiger partial charge in [0.1, 0.15) is 17.8 Å². The Kier molecular flexibility index (Phi) is 6.91. The van der Waals surface area contributed by atoms with Crippen LogP contribution in [0.1, 0.15) is 54.6 Å². The van der Waals surface area contributed by atoms with Gasteiger partial charge < -0.3 is 30.5 Å². The van der Waals surface area contributed by atoms with Gasteiger partial charge in [-0.25, -0.2) is 0 Å². The number of Topliss-reactive ketones (excluding diaryl/α,β-unsaturated/α-hetero) is 1. The molecule has 2 saturated carbocycles. The number of aliphatic hydroxyl groups excluding tert-OH is 1. The summed E-state index contributed by atoms with van der Waals surface area (Å²) in [6.45, 7) is 0.0941. The molecule has 11 nitrogen and oxygen atoms in total. The van der Waals surface area contributed by atoms with E-state index in [9.17, 15) is 29.1 Å². The van der Waals surface area contributed by atoms with Crippen LogP contribution >= 0.6 is 0 Å². The fraction of sp³-hybridized carbons (Fsp3) is 0.483. The quantitative estimate of drug-likeness (QED) is 0.344. The maximum Gasteiger partial charge on any atom is 0.289 e. The Hall–Kier alpha value is -3.99. The summed E-state index contributed by atoms with van der Waals surface area (Å²) in [6.07, 6.45) is 7.66. The number of likely N-dealkylation sites (tertiary alicyclic amines) is 1. The van der Waals surface area contributed by atoms with Gasteiger partial charge in [-0.1, -0.05) is 24.6 Å². The van der Waals surface area contributed by atoms with Gasteiger partial charge in [0.25, 0.3) is 11.8 Å². The van der Waals surface area contributed by atoms with E-state index in [0.29, 0.717) is 23.3 Å². The second kappa shape index (κ2) is 10.5. The number of aromatic amines is 1. The Morgan fingerprint density at radius 2 is 1.95 bits per heavy atom. The maximum atomic E-state index is 13.9. The summed E-state index contributed by atoms with van der Waals surface area (Å²) in [5.74, 6) is -2.54. The van der Waals surface area contributed by atoms with E-state index in [1.807, 2.05) is 6.07 Å². The Morgan fingerprint density at radius 1 is 1.12 bits per heavy atom. The highest BCUT2D eigenvalue weighted by Gasteiger charge is 2.50. The number of ketones is 1. The van der Waals surface area contributed by atoms with E-state index >= 15 is 0 Å². The molecule has 4 aliphatic rings. The first-order valence-electron chi connectivity index (χ1n) is 14.0. The van der Waals surface area contributed by atoms with Crippen molar-refractivity contribution in [2.24, 2.45) is 11.8 Å². The third kappa shape index (κ3) is 4.90. The van der Waals surface area contributed by atoms with Crippen LogP contribution in [0.15, 0.2) is 36.5 Å². The zero-order valence-corrected chi connectivity index (χ0v) is 22.1. The Bertz CT molecular complexity index is 1410. The Labute approximate surface area is 230 Å². The SMILES string of the molecule is O=C(NC1CC1)C(=O)[C@H](CN1C=CCC1=O)NC(=O)[C@@H]1[C@H]2CCC[C@H]2CN1C(=O)c1cc2c(CO)cccc2[nH]1. The number of hydrogen-bond acceptors (Lipinski definition) is 6. The van der Waals surface area contributed by atoms with Crippen LogP contribution in [-0.2, 0) is 25.8 Å². The van der Waals surface area contributed by atoms with Crippen LogP contribution in [0.25, 0.3) is 10.9 Å². The molecular formula is C29H33N5O6. The summed E-state index contributed by atoms with van der Waals surface area (Å²) in [5, 5.41) is 15.9. The second-order valence-electron chi connectivity index (χ2n) is 11.3. The first kappa shape index (κ1) is 26.2. The van der Waals surface area contributed by atoms with E-state index < -0.39 is 29.7 Å². The minimum atomic E-state index is -1.24. The number of carbonyl (C=O) groups excluding carboxylic acids is 5. The molecule has 4 N–H and O–H groups in total. The fourth-order valence-electron chi connectivity index (χ4n) is 6.41. The summed E-state index contributed by atoms with van der Waals surface area (Å²) in [4.78, 5) is 71.8. The standard InChI is InChI=1S/C29H33N5O6/c35-15-17-5-2-7-21-20(17)12-22(31-21)29(40)34-13-16-4-1-6-19(16)25(34)27(38)32-23(14-33-11-3-8-24(33)36)26(37)28(39)30-18-9-10-18/h2-3,5,7,11-12,16,18-19,23,25,31,35H,1,4,6,8-10,13-15H2,(H,30,39)(H,32,38)/t16-,19-,23-,25-/m0/s1. The van der Waals surface area contributed by atoms with Gasteiger partial charge in [-0.15, -0.1) is 0 Å². The number of fused-ring (bicyclic) bond motifs is 2. The molecule has 2 aliphatic heterocycles. The number of nitrogens with zero attached hydrogens (tertiary/aromatic N) is 2. The van der Waals surface area contributed by atoms with Crippen molar-refractivity contribution in [2.75, 3.05) is 13.1 Å². The molecule has 3 heterocycles. The Morgan fingerprint density at radius 3 is 2.67 bits per heavy atom. The average Bonchev–Trinajstić information content (AvgIpc) is 3.30. The monoisotopic (exact) mass is 547 g/mol. The number of H-pyrrole nitrogens is 1. The zero-order chi connectivity index (χ0) is 28.0. The molecule has 6 rings (SSSR count). The van der Waals surface area contributed by atoms with E-state index in [2.05, 4.69) is 15.6 Å². The van der Waals surface area contributed by atoms with Gasteiger partial charge in [-0.05, 0) is 55.2 Å². The van der Waals surface area contributed by atoms with Crippen molar-refractivity contribution in [1.29, 1.82) is 0 Å². The van der Waals surface area contributed by atoms with Crippen LogP contribution in [-0.4, -0.2) is 80.5 Å². The topological polar surface area (TPSA) is 152 Å². The van der Waals surface area contributed by atoms with Crippen LogP contribution < -0.4 is 10.6 Å². The lowest BCUT2D eigenvalue weighted by atomic mass is 9.93. The summed E-state index contributed by atoms with van der Waals surface area (Å²) >= 11 is 0. The van der Waals surface area contributed by atoms with Gasteiger partial charge in [-0.2, -0.15) is 0 Å². The predicted octanol–water partition coefficient (Wildman–Crippen LogP) is 0.979. The minimum Gasteiger partial charge on any atom is -0.392 e. The number of nitrogens with one attached hydrogen (secondary N) is 3. The zero-order valence-electron chi connectivity index (χ0n) is 22.1. The van der Waals surface area contributed by atoms with Crippen molar-refractivity contribution < 1.29 is 29.1 Å². The minimum absolute atomic E-state index is 0.0361. The summed E-state index contributed by atoms with van der Waals surface area (Å²) in [7, 11) is 0. The molecule has 11 heteroatoms. The molecule has 210 valence electrons. The van der Waals surface area contributed by atoms with Crippen molar-refractivity contribution in [3.05, 3.63) is 47.8 Å². The molecule has 1 aromatic heterocycles. The van der Waals surface area contributed by atoms with Crippen LogP contribution in [0.5, 0.6) is 0 Å². The van der Waals surface area contributed by atoms with Crippen LogP contribution in [0.2, 0.25) is 0 Å². The van der Waals surface area contributed by atoms with Crippen molar-refractivity contribution >= 4 is 40.3 Å². The largest absolute Gasteiger partial charge is 0.392 e. The van der Waals surface area contributed by atoms with E-state index in [4.69, 9.17) is 0 Å². The molecule has 2 aliphatic carbocycles. The van der Waals surface area contributed by atoms with E-state index in [0.717, 1.165) is 37.5 Å². The molecule has 1 aromatic carbocycles. The van der Waals surface area contributed by atoms with Gasteiger partial charge in [0.2, 0.25) is 17.6 Å². The summed E-state index contributed by atoms with van der Waals surface area (Å²) in [6, 6.07) is 5.03. The molecular weight excluding hydrogens is 514 g/mol. The highest BCUT2D eigenvalue weighted by molar-refractivity contribution is 6.38.